The molecule has 0 aliphatic heterocycles. The number of phosphoric ester groups is 2. The van der Waals surface area contributed by atoms with Crippen molar-refractivity contribution in [1.29, 1.82) is 0 Å². The zero-order valence-electron chi connectivity index (χ0n) is 38.4. The van der Waals surface area contributed by atoms with Crippen molar-refractivity contribution in [2.45, 2.75) is 205 Å². The van der Waals surface area contributed by atoms with Crippen molar-refractivity contribution in [3.8, 4) is 0 Å². The summed E-state index contributed by atoms with van der Waals surface area (Å²) in [6.45, 7) is 3.63. The number of aliphatic hydroxyl groups excluding tert-OH is 4. The first-order valence-corrected chi connectivity index (χ1v) is 26.7. The first-order valence-electron chi connectivity index (χ1n) is 23.6. The van der Waals surface area contributed by atoms with Gasteiger partial charge in [0, 0.05) is 18.8 Å². The SMILES string of the molecule is CCCCC[C@@H](O)/C=C/[C@@H]1[C@H](C/C=C\CC(=O)OC[C@H](COP(=O)(O)OC[C@@H](O)COP(=O)(O)O)OC(=O)CCCCCCCCCCCCCCCCCC(C)C)[C@@H](O)C[C@H]1O. The van der Waals surface area contributed by atoms with E-state index in [1.54, 1.807) is 24.3 Å². The van der Waals surface area contributed by atoms with E-state index in [9.17, 15) is 44.0 Å². The smallest absolute Gasteiger partial charge is 0.461 e. The van der Waals surface area contributed by atoms with Gasteiger partial charge in [-0.2, -0.15) is 0 Å². The predicted molar refractivity (Wildman–Crippen MR) is 241 cm³/mol. The Balaban J connectivity index is 2.55. The summed E-state index contributed by atoms with van der Waals surface area (Å²) in [5, 5.41) is 41.1. The standard InChI is InChI=1S/C45H84O16P2/c1-4-5-19-25-37(46)29-30-41-40(42(48)31-43(41)49)26-22-23-27-44(50)57-34-39(35-60-63(55,56)59-33-38(47)32-58-62(52,53)54)61-45(51)28-21-18-16-14-12-10-8-6-7-9-11-13-15-17-20-24-36(2)3/h22-23,29-30,36-43,46-49H,4-21,24-28,31-35H2,1-3H3,(H,55,56)(H2,52,53,54)/b23-22-,30-29+/t37-,38+,39-,40+,41-,42+,43-/m1/s1. The number of ether oxygens (including phenoxy) is 2. The second kappa shape index (κ2) is 35.6. The van der Waals surface area contributed by atoms with Crippen molar-refractivity contribution >= 4 is 27.6 Å². The van der Waals surface area contributed by atoms with Gasteiger partial charge in [-0.1, -0.05) is 161 Å². The number of allylic oxidation sites excluding steroid dienone is 1. The molecule has 0 spiro atoms. The van der Waals surface area contributed by atoms with Crippen molar-refractivity contribution in [2.75, 3.05) is 26.4 Å². The maximum absolute atomic E-state index is 12.8. The number of esters is 2. The first kappa shape index (κ1) is 59.5. The third kappa shape index (κ3) is 33.6. The van der Waals surface area contributed by atoms with Gasteiger partial charge < -0.3 is 44.6 Å². The second-order valence-corrected chi connectivity index (χ2v) is 20.2. The number of aliphatic hydroxyl groups is 4. The van der Waals surface area contributed by atoms with Crippen LogP contribution in [0.5, 0.6) is 0 Å². The highest BCUT2D eigenvalue weighted by atomic mass is 31.2. The van der Waals surface area contributed by atoms with Crippen LogP contribution in [0.2, 0.25) is 0 Å². The number of rotatable bonds is 40. The summed E-state index contributed by atoms with van der Waals surface area (Å²) in [7, 11) is -9.79. The maximum atomic E-state index is 12.8. The van der Waals surface area contributed by atoms with Gasteiger partial charge >= 0.3 is 27.6 Å². The van der Waals surface area contributed by atoms with Gasteiger partial charge in [0.2, 0.25) is 0 Å². The lowest BCUT2D eigenvalue weighted by Gasteiger charge is -2.20. The molecule has 370 valence electrons. The van der Waals surface area contributed by atoms with Crippen LogP contribution >= 0.6 is 15.6 Å². The van der Waals surface area contributed by atoms with E-state index in [2.05, 4.69) is 29.8 Å². The van der Waals surface area contributed by atoms with Gasteiger partial charge in [0.1, 0.15) is 12.7 Å². The van der Waals surface area contributed by atoms with E-state index < -0.39 is 84.5 Å². The normalized spacial score (nSPS) is 20.7. The summed E-state index contributed by atoms with van der Waals surface area (Å²) in [6.07, 6.45) is 24.4. The molecule has 1 fully saturated rings. The molecule has 1 unspecified atom stereocenters. The molecule has 1 saturated carbocycles. The van der Waals surface area contributed by atoms with Gasteiger partial charge in [0.05, 0.1) is 44.6 Å². The monoisotopic (exact) mass is 943 g/mol. The molecule has 0 aromatic heterocycles. The zero-order chi connectivity index (χ0) is 46.9. The van der Waals surface area contributed by atoms with E-state index in [4.69, 9.17) is 23.8 Å². The van der Waals surface area contributed by atoms with Crippen LogP contribution in [0.4, 0.5) is 0 Å². The predicted octanol–water partition coefficient (Wildman–Crippen LogP) is 8.52. The van der Waals surface area contributed by atoms with Crippen molar-refractivity contribution in [2.24, 2.45) is 17.8 Å². The quantitative estimate of drug-likeness (QED) is 0.0131. The minimum atomic E-state index is -4.90. The van der Waals surface area contributed by atoms with E-state index in [1.165, 1.54) is 70.6 Å². The van der Waals surface area contributed by atoms with Gasteiger partial charge in [-0.05, 0) is 31.1 Å². The fourth-order valence-corrected chi connectivity index (χ4v) is 8.60. The molecule has 7 N–H and O–H groups in total. The lowest BCUT2D eigenvalue weighted by Crippen LogP contribution is -2.29. The minimum Gasteiger partial charge on any atom is -0.461 e. The molecular formula is C45H84O16P2. The van der Waals surface area contributed by atoms with Gasteiger partial charge in [-0.3, -0.25) is 23.2 Å². The molecule has 0 saturated heterocycles. The Morgan fingerprint density at radius 2 is 1.21 bits per heavy atom. The Bertz CT molecular complexity index is 1340. The Hall–Kier alpha value is -1.52. The average Bonchev–Trinajstić information content (AvgIpc) is 3.49. The summed E-state index contributed by atoms with van der Waals surface area (Å²) < 4.78 is 47.8. The van der Waals surface area contributed by atoms with Crippen LogP contribution in [0.3, 0.4) is 0 Å². The third-order valence-corrected chi connectivity index (χ3v) is 12.5. The third-order valence-electron chi connectivity index (χ3n) is 11.1. The topological polar surface area (TPSA) is 256 Å². The lowest BCUT2D eigenvalue weighted by molar-refractivity contribution is -0.160. The number of hydrogen-bond acceptors (Lipinski definition) is 13. The molecule has 18 heteroatoms. The molecule has 1 aliphatic carbocycles. The van der Waals surface area contributed by atoms with Crippen molar-refractivity contribution in [1.82, 2.24) is 0 Å². The van der Waals surface area contributed by atoms with Crippen molar-refractivity contribution in [3.05, 3.63) is 24.3 Å². The number of hydrogen-bond donors (Lipinski definition) is 7. The number of carbonyl (C=O) groups excluding carboxylic acids is 2. The molecule has 8 atom stereocenters. The summed E-state index contributed by atoms with van der Waals surface area (Å²) in [4.78, 5) is 53.1. The fourth-order valence-electron chi connectivity index (χ4n) is 7.45. The number of carbonyl (C=O) groups is 2. The van der Waals surface area contributed by atoms with Crippen molar-refractivity contribution < 1.29 is 76.9 Å². The largest absolute Gasteiger partial charge is 0.472 e. The first-order chi connectivity index (χ1) is 29.9. The van der Waals surface area contributed by atoms with E-state index in [0.717, 1.165) is 50.9 Å². The van der Waals surface area contributed by atoms with E-state index in [-0.39, 0.29) is 31.1 Å². The van der Waals surface area contributed by atoms with E-state index >= 15 is 0 Å². The molecular weight excluding hydrogens is 858 g/mol. The Morgan fingerprint density at radius 1 is 0.667 bits per heavy atom. The highest BCUT2D eigenvalue weighted by molar-refractivity contribution is 7.47. The molecule has 0 amide bonds. The van der Waals surface area contributed by atoms with Crippen LogP contribution in [0.25, 0.3) is 0 Å². The molecule has 1 rings (SSSR count). The zero-order valence-corrected chi connectivity index (χ0v) is 40.2. The average molecular weight is 943 g/mol. The van der Waals surface area contributed by atoms with Crippen LogP contribution < -0.4 is 0 Å². The van der Waals surface area contributed by atoms with Gasteiger partial charge in [0.25, 0.3) is 0 Å². The van der Waals surface area contributed by atoms with Crippen LogP contribution in [0, 0.1) is 17.8 Å². The highest BCUT2D eigenvalue weighted by Gasteiger charge is 2.39. The molecule has 0 radical (unpaired) electrons. The Labute approximate surface area is 377 Å². The van der Waals surface area contributed by atoms with E-state index in [1.807, 2.05) is 0 Å². The minimum absolute atomic E-state index is 0.0691. The molecule has 1 aliphatic rings. The Kier molecular flexibility index (Phi) is 33.7. The highest BCUT2D eigenvalue weighted by Crippen LogP contribution is 2.44. The van der Waals surface area contributed by atoms with Crippen molar-refractivity contribution in [3.63, 3.8) is 0 Å². The van der Waals surface area contributed by atoms with E-state index in [0.29, 0.717) is 19.3 Å². The number of phosphoric acid groups is 2. The molecule has 0 bridgehead atoms. The summed E-state index contributed by atoms with van der Waals surface area (Å²) in [5.41, 5.74) is 0. The maximum Gasteiger partial charge on any atom is 0.472 e. The van der Waals surface area contributed by atoms with Crippen LogP contribution in [0.15, 0.2) is 24.3 Å². The Morgan fingerprint density at radius 3 is 1.78 bits per heavy atom. The molecule has 0 aromatic carbocycles. The van der Waals surface area contributed by atoms with Gasteiger partial charge in [-0.25, -0.2) is 9.13 Å². The molecule has 0 aromatic rings. The number of unbranched alkanes of at least 4 members (excludes halogenated alkanes) is 16. The summed E-state index contributed by atoms with van der Waals surface area (Å²) in [6, 6.07) is 0. The van der Waals surface area contributed by atoms with Gasteiger partial charge in [-0.15, -0.1) is 0 Å². The summed E-state index contributed by atoms with van der Waals surface area (Å²) in [5.74, 6) is -1.22. The fraction of sp³-hybridized carbons (Fsp3) is 0.867. The molecule has 16 nitrogen and oxygen atoms in total. The molecule has 63 heavy (non-hydrogen) atoms. The summed E-state index contributed by atoms with van der Waals surface area (Å²) >= 11 is 0. The lowest BCUT2D eigenvalue weighted by atomic mass is 9.89. The van der Waals surface area contributed by atoms with Crippen LogP contribution in [-0.4, -0.2) is 104 Å². The van der Waals surface area contributed by atoms with Crippen LogP contribution in [0.1, 0.15) is 175 Å². The van der Waals surface area contributed by atoms with Gasteiger partial charge in [0.15, 0.2) is 6.10 Å². The second-order valence-electron chi connectivity index (χ2n) is 17.5. The molecule has 0 heterocycles. The van der Waals surface area contributed by atoms with Crippen LogP contribution in [-0.2, 0) is 41.8 Å².